The number of nitrogens with zero attached hydrogens (tertiary/aromatic N) is 2. The van der Waals surface area contributed by atoms with Gasteiger partial charge in [-0.25, -0.2) is 9.59 Å². The summed E-state index contributed by atoms with van der Waals surface area (Å²) in [5.74, 6) is 1.86. The Kier molecular flexibility index (Phi) is 6.50. The third kappa shape index (κ3) is 4.43. The molecule has 2 amide bonds. The van der Waals surface area contributed by atoms with Gasteiger partial charge in [0.25, 0.3) is 0 Å². The molecule has 21 heavy (non-hydrogen) atoms. The molecule has 0 aromatic rings. The predicted molar refractivity (Wildman–Crippen MR) is 87.0 cm³/mol. The van der Waals surface area contributed by atoms with Gasteiger partial charge in [0.1, 0.15) is 6.04 Å². The summed E-state index contributed by atoms with van der Waals surface area (Å²) in [6, 6.07) is -0.947. The Hall–Kier alpha value is -0.600. The van der Waals surface area contributed by atoms with Crippen molar-refractivity contribution in [1.29, 1.82) is 0 Å². The molecule has 2 rings (SSSR count). The van der Waals surface area contributed by atoms with Crippen LogP contribution in [0, 0.1) is 0 Å². The van der Waals surface area contributed by atoms with E-state index in [0.717, 1.165) is 37.6 Å². The van der Waals surface area contributed by atoms with Crippen LogP contribution in [0.1, 0.15) is 13.3 Å². The van der Waals surface area contributed by atoms with Crippen molar-refractivity contribution in [2.24, 2.45) is 0 Å². The van der Waals surface area contributed by atoms with Gasteiger partial charge in [-0.15, -0.1) is 11.8 Å². The van der Waals surface area contributed by atoms with Crippen LogP contribution in [0.4, 0.5) is 4.79 Å². The van der Waals surface area contributed by atoms with Crippen LogP contribution in [0.3, 0.4) is 0 Å². The molecule has 0 spiro atoms. The van der Waals surface area contributed by atoms with Gasteiger partial charge in [0.2, 0.25) is 0 Å². The van der Waals surface area contributed by atoms with E-state index in [2.05, 4.69) is 10.2 Å². The van der Waals surface area contributed by atoms with Crippen molar-refractivity contribution in [2.45, 2.75) is 24.8 Å². The SMILES string of the molecule is CCC1SCC(C(=O)O)N1C(=O)NCCN1CCSCC1. The monoisotopic (exact) mass is 333 g/mol. The van der Waals surface area contributed by atoms with Gasteiger partial charge in [-0.1, -0.05) is 6.92 Å². The largest absolute Gasteiger partial charge is 0.480 e. The molecule has 0 bridgehead atoms. The fourth-order valence-corrected chi connectivity index (χ4v) is 4.90. The zero-order chi connectivity index (χ0) is 15.2. The molecule has 0 saturated carbocycles. The van der Waals surface area contributed by atoms with E-state index in [1.165, 1.54) is 4.90 Å². The topological polar surface area (TPSA) is 72.9 Å². The van der Waals surface area contributed by atoms with Crippen LogP contribution >= 0.6 is 23.5 Å². The van der Waals surface area contributed by atoms with Crippen LogP contribution in [0.5, 0.6) is 0 Å². The van der Waals surface area contributed by atoms with Gasteiger partial charge in [0.05, 0.1) is 5.37 Å². The fourth-order valence-electron chi connectivity index (χ4n) is 2.58. The van der Waals surface area contributed by atoms with Crippen molar-refractivity contribution in [3.8, 4) is 0 Å². The lowest BCUT2D eigenvalue weighted by atomic mass is 10.3. The number of carboxylic acid groups (broad SMARTS) is 1. The summed E-state index contributed by atoms with van der Waals surface area (Å²) in [5.41, 5.74) is 0. The molecule has 0 radical (unpaired) electrons. The Labute approximate surface area is 134 Å². The highest BCUT2D eigenvalue weighted by atomic mass is 32.2. The van der Waals surface area contributed by atoms with Gasteiger partial charge in [-0.2, -0.15) is 11.8 Å². The highest BCUT2D eigenvalue weighted by Gasteiger charge is 2.40. The lowest BCUT2D eigenvalue weighted by Crippen LogP contribution is -2.51. The summed E-state index contributed by atoms with van der Waals surface area (Å²) in [7, 11) is 0. The van der Waals surface area contributed by atoms with Crippen molar-refractivity contribution in [2.75, 3.05) is 43.4 Å². The van der Waals surface area contributed by atoms with Crippen molar-refractivity contribution in [3.05, 3.63) is 0 Å². The molecule has 8 heteroatoms. The Morgan fingerprint density at radius 1 is 1.33 bits per heavy atom. The van der Waals surface area contributed by atoms with Gasteiger partial charge >= 0.3 is 12.0 Å². The van der Waals surface area contributed by atoms with Gasteiger partial charge in [-0.05, 0) is 6.42 Å². The maximum Gasteiger partial charge on any atom is 0.327 e. The molecule has 0 aromatic heterocycles. The lowest BCUT2D eigenvalue weighted by molar-refractivity contribution is -0.141. The number of amides is 2. The van der Waals surface area contributed by atoms with Gasteiger partial charge in [-0.3, -0.25) is 9.80 Å². The minimum Gasteiger partial charge on any atom is -0.480 e. The van der Waals surface area contributed by atoms with Crippen molar-refractivity contribution in [3.63, 3.8) is 0 Å². The molecule has 6 nitrogen and oxygen atoms in total. The van der Waals surface area contributed by atoms with Crippen LogP contribution < -0.4 is 5.32 Å². The molecule has 2 atom stereocenters. The Morgan fingerprint density at radius 3 is 2.67 bits per heavy atom. The van der Waals surface area contributed by atoms with E-state index in [1.54, 1.807) is 11.8 Å². The molecule has 2 aliphatic heterocycles. The number of hydrogen-bond acceptors (Lipinski definition) is 5. The third-order valence-corrected chi connectivity index (χ3v) is 6.17. The molecular weight excluding hydrogens is 310 g/mol. The van der Waals surface area contributed by atoms with Gasteiger partial charge < -0.3 is 10.4 Å². The summed E-state index contributed by atoms with van der Waals surface area (Å²) in [4.78, 5) is 27.4. The molecule has 2 aliphatic rings. The quantitative estimate of drug-likeness (QED) is 0.781. The molecule has 2 fully saturated rings. The molecule has 2 saturated heterocycles. The molecule has 2 N–H and O–H groups in total. The van der Waals surface area contributed by atoms with Crippen LogP contribution in [-0.2, 0) is 4.79 Å². The molecule has 0 aliphatic carbocycles. The van der Waals surface area contributed by atoms with E-state index >= 15 is 0 Å². The summed E-state index contributed by atoms with van der Waals surface area (Å²) in [5, 5.41) is 12.1. The van der Waals surface area contributed by atoms with E-state index in [0.29, 0.717) is 12.3 Å². The minimum atomic E-state index is -0.915. The highest BCUT2D eigenvalue weighted by molar-refractivity contribution is 8.00. The number of hydrogen-bond donors (Lipinski definition) is 2. The zero-order valence-corrected chi connectivity index (χ0v) is 13.9. The first-order chi connectivity index (χ1) is 10.1. The third-order valence-electron chi connectivity index (χ3n) is 3.77. The average Bonchev–Trinajstić information content (AvgIpc) is 2.92. The first-order valence-corrected chi connectivity index (χ1v) is 9.54. The molecular formula is C13H23N3O3S2. The van der Waals surface area contributed by atoms with E-state index in [9.17, 15) is 14.7 Å². The second-order valence-corrected chi connectivity index (χ2v) is 7.58. The predicted octanol–water partition coefficient (Wildman–Crippen LogP) is 0.983. The van der Waals surface area contributed by atoms with Gasteiger partial charge in [0.15, 0.2) is 0 Å². The Balaban J connectivity index is 1.81. The number of urea groups is 1. The number of carboxylic acids is 1. The first-order valence-electron chi connectivity index (χ1n) is 7.34. The van der Waals surface area contributed by atoms with Crippen LogP contribution in [0.2, 0.25) is 0 Å². The normalized spacial score (nSPS) is 26.8. The summed E-state index contributed by atoms with van der Waals surface area (Å²) in [6.07, 6.45) is 0.769. The van der Waals surface area contributed by atoms with E-state index < -0.39 is 12.0 Å². The standard InChI is InChI=1S/C13H23N3O3S2/c1-2-11-16(10(9-21-11)12(17)18)13(19)14-3-4-15-5-7-20-8-6-15/h10-11H,2-9H2,1H3,(H,14,19)(H,17,18). The average molecular weight is 333 g/mol. The number of rotatable bonds is 5. The van der Waals surface area contributed by atoms with E-state index in [1.807, 2.05) is 18.7 Å². The van der Waals surface area contributed by atoms with Crippen LogP contribution in [0.15, 0.2) is 0 Å². The molecule has 0 aromatic carbocycles. The number of nitrogens with one attached hydrogen (secondary N) is 1. The number of carbonyl (C=O) groups excluding carboxylic acids is 1. The Bertz CT molecular complexity index is 378. The second-order valence-electron chi connectivity index (χ2n) is 5.14. The highest BCUT2D eigenvalue weighted by Crippen LogP contribution is 2.31. The zero-order valence-electron chi connectivity index (χ0n) is 12.3. The van der Waals surface area contributed by atoms with Crippen molar-refractivity contribution < 1.29 is 14.7 Å². The van der Waals surface area contributed by atoms with E-state index in [4.69, 9.17) is 0 Å². The number of aliphatic carboxylic acids is 1. The lowest BCUT2D eigenvalue weighted by Gasteiger charge is -2.29. The first kappa shape index (κ1) is 16.8. The van der Waals surface area contributed by atoms with Gasteiger partial charge in [0, 0.05) is 43.4 Å². The van der Waals surface area contributed by atoms with E-state index in [-0.39, 0.29) is 11.4 Å². The van der Waals surface area contributed by atoms with Crippen molar-refractivity contribution >= 4 is 35.5 Å². The van der Waals surface area contributed by atoms with Crippen molar-refractivity contribution in [1.82, 2.24) is 15.1 Å². The Morgan fingerprint density at radius 2 is 2.05 bits per heavy atom. The summed E-state index contributed by atoms with van der Waals surface area (Å²) in [6.45, 7) is 5.52. The molecule has 2 heterocycles. The fraction of sp³-hybridized carbons (Fsp3) is 0.846. The number of carbonyl (C=O) groups is 2. The summed E-state index contributed by atoms with van der Waals surface area (Å²) < 4.78 is 0. The molecule has 2 unspecified atom stereocenters. The molecule has 120 valence electrons. The summed E-state index contributed by atoms with van der Waals surface area (Å²) >= 11 is 3.51. The number of thioether (sulfide) groups is 2. The second kappa shape index (κ2) is 8.14. The maximum absolute atomic E-state index is 12.3. The minimum absolute atomic E-state index is 0.0301. The smallest absolute Gasteiger partial charge is 0.327 e. The van der Waals surface area contributed by atoms with Crippen LogP contribution in [0.25, 0.3) is 0 Å². The maximum atomic E-state index is 12.3. The van der Waals surface area contributed by atoms with Crippen LogP contribution in [-0.4, -0.2) is 81.8 Å².